The fourth-order valence-corrected chi connectivity index (χ4v) is 1.66. The molecule has 0 unspecified atom stereocenters. The summed E-state index contributed by atoms with van der Waals surface area (Å²) < 4.78 is 0. The number of nitrogens with zero attached hydrogens (tertiary/aromatic N) is 1. The van der Waals surface area contributed by atoms with E-state index in [1.165, 1.54) is 16.8 Å². The predicted octanol–water partition coefficient (Wildman–Crippen LogP) is 3.23. The second-order valence-electron chi connectivity index (χ2n) is 3.67. The lowest BCUT2D eigenvalue weighted by Gasteiger charge is -2.03. The van der Waals surface area contributed by atoms with Crippen LogP contribution in [0.1, 0.15) is 23.7 Å². The topological polar surface area (TPSA) is 12.9 Å². The second kappa shape index (κ2) is 4.74. The largest absolute Gasteiger partial charge is 0.261 e. The van der Waals surface area contributed by atoms with Crippen LogP contribution < -0.4 is 0 Å². The molecule has 0 spiro atoms. The van der Waals surface area contributed by atoms with Gasteiger partial charge in [-0.25, -0.2) is 0 Å². The standard InChI is InChI=1S/C14H15N/c1-2-14-11-13(8-9-15-14)10-12-6-4-3-5-7-12/h3-9,11H,2,10H2,1H3. The van der Waals surface area contributed by atoms with Crippen molar-refractivity contribution in [1.82, 2.24) is 4.98 Å². The van der Waals surface area contributed by atoms with Gasteiger partial charge in [0.15, 0.2) is 0 Å². The first-order valence-electron chi connectivity index (χ1n) is 5.36. The zero-order valence-corrected chi connectivity index (χ0v) is 8.98. The number of rotatable bonds is 3. The first-order valence-corrected chi connectivity index (χ1v) is 5.36. The van der Waals surface area contributed by atoms with E-state index in [2.05, 4.69) is 48.3 Å². The molecule has 1 aromatic heterocycles. The molecule has 0 N–H and O–H groups in total. The quantitative estimate of drug-likeness (QED) is 0.736. The first kappa shape index (κ1) is 9.91. The highest BCUT2D eigenvalue weighted by molar-refractivity contribution is 5.26. The molecule has 15 heavy (non-hydrogen) atoms. The fourth-order valence-electron chi connectivity index (χ4n) is 1.66. The van der Waals surface area contributed by atoms with Crippen LogP contribution in [0, 0.1) is 0 Å². The Balaban J connectivity index is 2.17. The van der Waals surface area contributed by atoms with Gasteiger partial charge in [0.2, 0.25) is 0 Å². The Morgan fingerprint density at radius 3 is 2.53 bits per heavy atom. The van der Waals surface area contributed by atoms with E-state index in [4.69, 9.17) is 0 Å². The molecule has 0 aliphatic rings. The normalized spacial score (nSPS) is 10.2. The molecule has 1 aromatic carbocycles. The number of pyridine rings is 1. The van der Waals surface area contributed by atoms with Gasteiger partial charge < -0.3 is 0 Å². The highest BCUT2D eigenvalue weighted by Crippen LogP contribution is 2.09. The Morgan fingerprint density at radius 1 is 1.00 bits per heavy atom. The highest BCUT2D eigenvalue weighted by Gasteiger charge is 1.97. The van der Waals surface area contributed by atoms with Gasteiger partial charge in [0, 0.05) is 11.9 Å². The molecular weight excluding hydrogens is 182 g/mol. The third-order valence-corrected chi connectivity index (χ3v) is 2.49. The summed E-state index contributed by atoms with van der Waals surface area (Å²) in [5.41, 5.74) is 3.86. The van der Waals surface area contributed by atoms with Gasteiger partial charge in [0.1, 0.15) is 0 Å². The van der Waals surface area contributed by atoms with E-state index in [0.29, 0.717) is 0 Å². The smallest absolute Gasteiger partial charge is 0.0403 e. The summed E-state index contributed by atoms with van der Waals surface area (Å²) in [6.45, 7) is 2.13. The maximum Gasteiger partial charge on any atom is 0.0403 e. The molecule has 1 heterocycles. The molecule has 2 rings (SSSR count). The number of hydrogen-bond acceptors (Lipinski definition) is 1. The summed E-state index contributed by atoms with van der Waals surface area (Å²) in [6, 6.07) is 14.8. The molecule has 0 saturated heterocycles. The minimum atomic E-state index is 0.996. The first-order chi connectivity index (χ1) is 7.38. The third kappa shape index (κ3) is 2.66. The summed E-state index contributed by atoms with van der Waals surface area (Å²) in [5.74, 6) is 0. The zero-order valence-electron chi connectivity index (χ0n) is 8.98. The van der Waals surface area contributed by atoms with Gasteiger partial charge in [-0.1, -0.05) is 37.3 Å². The molecule has 0 fully saturated rings. The second-order valence-corrected chi connectivity index (χ2v) is 3.67. The summed E-state index contributed by atoms with van der Waals surface area (Å²) in [7, 11) is 0. The van der Waals surface area contributed by atoms with Crippen molar-refractivity contribution in [2.24, 2.45) is 0 Å². The van der Waals surface area contributed by atoms with Crippen LogP contribution in [0.5, 0.6) is 0 Å². The number of aromatic nitrogens is 1. The minimum Gasteiger partial charge on any atom is -0.261 e. The molecule has 0 amide bonds. The van der Waals surface area contributed by atoms with Crippen LogP contribution in [0.15, 0.2) is 48.7 Å². The number of aryl methyl sites for hydroxylation is 1. The van der Waals surface area contributed by atoms with Gasteiger partial charge in [-0.2, -0.15) is 0 Å². The van der Waals surface area contributed by atoms with Crippen LogP contribution in [0.3, 0.4) is 0 Å². The monoisotopic (exact) mass is 197 g/mol. The van der Waals surface area contributed by atoms with E-state index in [1.807, 2.05) is 12.3 Å². The molecule has 0 atom stereocenters. The van der Waals surface area contributed by atoms with Crippen molar-refractivity contribution in [2.45, 2.75) is 19.8 Å². The molecule has 0 aliphatic heterocycles. The highest BCUT2D eigenvalue weighted by atomic mass is 14.7. The average molecular weight is 197 g/mol. The lowest BCUT2D eigenvalue weighted by molar-refractivity contribution is 1.01. The van der Waals surface area contributed by atoms with Crippen molar-refractivity contribution in [3.63, 3.8) is 0 Å². The molecule has 76 valence electrons. The van der Waals surface area contributed by atoms with Gasteiger partial charge in [-0.3, -0.25) is 4.98 Å². The van der Waals surface area contributed by atoms with Crippen molar-refractivity contribution in [1.29, 1.82) is 0 Å². The molecule has 1 nitrogen and oxygen atoms in total. The molecule has 0 bridgehead atoms. The van der Waals surface area contributed by atoms with Gasteiger partial charge in [-0.15, -0.1) is 0 Å². The molecule has 0 saturated carbocycles. The van der Waals surface area contributed by atoms with Crippen molar-refractivity contribution < 1.29 is 0 Å². The van der Waals surface area contributed by atoms with Gasteiger partial charge in [0.05, 0.1) is 0 Å². The lowest BCUT2D eigenvalue weighted by Crippen LogP contribution is -1.92. The van der Waals surface area contributed by atoms with Crippen molar-refractivity contribution in [3.8, 4) is 0 Å². The summed E-state index contributed by atoms with van der Waals surface area (Å²) >= 11 is 0. The molecule has 0 radical (unpaired) electrons. The minimum absolute atomic E-state index is 0.996. The number of benzene rings is 1. The van der Waals surface area contributed by atoms with Gasteiger partial charge in [-0.05, 0) is 36.1 Å². The van der Waals surface area contributed by atoms with Crippen LogP contribution >= 0.6 is 0 Å². The van der Waals surface area contributed by atoms with E-state index in [-0.39, 0.29) is 0 Å². The third-order valence-electron chi connectivity index (χ3n) is 2.49. The summed E-state index contributed by atoms with van der Waals surface area (Å²) in [5, 5.41) is 0. The Bertz CT molecular complexity index is 420. The van der Waals surface area contributed by atoms with E-state index in [1.54, 1.807) is 0 Å². The summed E-state index contributed by atoms with van der Waals surface area (Å²) in [6.07, 6.45) is 3.90. The van der Waals surface area contributed by atoms with E-state index >= 15 is 0 Å². The van der Waals surface area contributed by atoms with Crippen molar-refractivity contribution in [2.75, 3.05) is 0 Å². The maximum atomic E-state index is 4.30. The predicted molar refractivity (Wildman–Crippen MR) is 62.9 cm³/mol. The van der Waals surface area contributed by atoms with Crippen LogP contribution in [0.25, 0.3) is 0 Å². The summed E-state index contributed by atoms with van der Waals surface area (Å²) in [4.78, 5) is 4.30. The zero-order chi connectivity index (χ0) is 10.5. The van der Waals surface area contributed by atoms with Crippen LogP contribution in [0.4, 0.5) is 0 Å². The maximum absolute atomic E-state index is 4.30. The van der Waals surface area contributed by atoms with Crippen LogP contribution in [0.2, 0.25) is 0 Å². The van der Waals surface area contributed by atoms with Crippen LogP contribution in [-0.4, -0.2) is 4.98 Å². The molecule has 0 aliphatic carbocycles. The Labute approximate surface area is 90.8 Å². The van der Waals surface area contributed by atoms with E-state index in [0.717, 1.165) is 12.8 Å². The Hall–Kier alpha value is -1.63. The Kier molecular flexibility index (Phi) is 3.13. The molecular formula is C14H15N. The molecule has 1 heteroatoms. The van der Waals surface area contributed by atoms with Crippen molar-refractivity contribution in [3.05, 3.63) is 65.5 Å². The van der Waals surface area contributed by atoms with Crippen LogP contribution in [-0.2, 0) is 12.8 Å². The van der Waals surface area contributed by atoms with E-state index < -0.39 is 0 Å². The fraction of sp³-hybridized carbons (Fsp3) is 0.214. The lowest BCUT2D eigenvalue weighted by atomic mass is 10.1. The number of hydrogen-bond donors (Lipinski definition) is 0. The van der Waals surface area contributed by atoms with Gasteiger partial charge in [0.25, 0.3) is 0 Å². The SMILES string of the molecule is CCc1cc(Cc2ccccc2)ccn1. The van der Waals surface area contributed by atoms with Crippen molar-refractivity contribution >= 4 is 0 Å². The average Bonchev–Trinajstić information content (AvgIpc) is 2.31. The Morgan fingerprint density at radius 2 is 1.80 bits per heavy atom. The van der Waals surface area contributed by atoms with Gasteiger partial charge >= 0.3 is 0 Å². The van der Waals surface area contributed by atoms with E-state index in [9.17, 15) is 0 Å². The molecule has 2 aromatic rings.